The molecule has 0 aliphatic heterocycles. The minimum atomic E-state index is -3.02. The third-order valence-corrected chi connectivity index (χ3v) is 1.92. The van der Waals surface area contributed by atoms with Crippen LogP contribution in [0.3, 0.4) is 0 Å². The fourth-order valence-corrected chi connectivity index (χ4v) is 1.22. The number of hydrogen-bond acceptors (Lipinski definition) is 2. The Kier molecular flexibility index (Phi) is 4.60. The molecule has 1 radical (unpaired) electrons. The van der Waals surface area contributed by atoms with Crippen LogP contribution in [0.2, 0.25) is 0 Å². The van der Waals surface area contributed by atoms with Gasteiger partial charge in [-0.15, -0.1) is 0 Å². The molecule has 17 heavy (non-hydrogen) atoms. The number of rotatable bonds is 5. The van der Waals surface area contributed by atoms with Gasteiger partial charge in [0.1, 0.15) is 11.5 Å². The average Bonchev–Trinajstić information content (AvgIpc) is 2.14. The van der Waals surface area contributed by atoms with Crippen molar-refractivity contribution in [1.29, 1.82) is 0 Å². The molecule has 1 aromatic carbocycles. The molecule has 0 heterocycles. The van der Waals surface area contributed by atoms with Crippen LogP contribution < -0.4 is 9.47 Å². The van der Waals surface area contributed by atoms with E-state index in [4.69, 9.17) is 0 Å². The number of benzene rings is 1. The van der Waals surface area contributed by atoms with E-state index in [0.717, 1.165) is 6.07 Å². The summed E-state index contributed by atoms with van der Waals surface area (Å²) in [6.45, 7) is -0.695. The van der Waals surface area contributed by atoms with Crippen molar-refractivity contribution in [3.8, 4) is 11.5 Å². The first-order valence-corrected chi connectivity index (χ1v) is 4.76. The molecule has 0 saturated heterocycles. The predicted molar refractivity (Wildman–Crippen MR) is 53.5 cm³/mol. The molecule has 1 atom stereocenters. The van der Waals surface area contributed by atoms with Gasteiger partial charge < -0.3 is 9.47 Å². The monoisotopic (exact) mass is 251 g/mol. The molecule has 0 aromatic heterocycles. The Hall–Kier alpha value is -1.46. The lowest BCUT2D eigenvalue weighted by Crippen LogP contribution is -2.06. The molecule has 0 fully saturated rings. The first-order chi connectivity index (χ1) is 7.88. The number of alkyl halides is 4. The van der Waals surface area contributed by atoms with Gasteiger partial charge in [-0.2, -0.15) is 17.6 Å². The first kappa shape index (κ1) is 13.6. The summed E-state index contributed by atoms with van der Waals surface area (Å²) in [5, 5.41) is 0. The quantitative estimate of drug-likeness (QED) is 0.740. The van der Waals surface area contributed by atoms with E-state index in [9.17, 15) is 17.6 Å². The maximum absolute atomic E-state index is 12.0. The number of halogens is 4. The van der Waals surface area contributed by atoms with Crippen molar-refractivity contribution in [2.75, 3.05) is 0 Å². The minimum Gasteiger partial charge on any atom is -0.435 e. The van der Waals surface area contributed by atoms with Crippen LogP contribution in [-0.2, 0) is 0 Å². The minimum absolute atomic E-state index is 0.233. The Bertz CT molecular complexity index is 338. The fourth-order valence-electron chi connectivity index (χ4n) is 1.22. The zero-order valence-electron chi connectivity index (χ0n) is 9.00. The van der Waals surface area contributed by atoms with E-state index in [1.54, 1.807) is 6.92 Å². The molecule has 0 saturated carbocycles. The highest BCUT2D eigenvalue weighted by Gasteiger charge is 2.12. The Labute approximate surface area is 96.1 Å². The molecule has 0 N–H and O–H groups in total. The van der Waals surface area contributed by atoms with E-state index in [2.05, 4.69) is 16.4 Å². The van der Waals surface area contributed by atoms with Gasteiger partial charge in [-0.3, -0.25) is 0 Å². The van der Waals surface area contributed by atoms with Gasteiger partial charge in [0, 0.05) is 6.07 Å². The lowest BCUT2D eigenvalue weighted by Gasteiger charge is -2.13. The average molecular weight is 251 g/mol. The summed E-state index contributed by atoms with van der Waals surface area (Å²) < 4.78 is 56.4. The van der Waals surface area contributed by atoms with Crippen molar-refractivity contribution in [2.24, 2.45) is 0 Å². The summed E-state index contributed by atoms with van der Waals surface area (Å²) in [5.74, 6) is -0.733. The Morgan fingerprint density at radius 3 is 1.65 bits per heavy atom. The van der Waals surface area contributed by atoms with Gasteiger partial charge >= 0.3 is 13.2 Å². The van der Waals surface area contributed by atoms with E-state index in [1.807, 2.05) is 0 Å². The zero-order chi connectivity index (χ0) is 13.0. The lowest BCUT2D eigenvalue weighted by atomic mass is 10.0. The van der Waals surface area contributed by atoms with Gasteiger partial charge in [-0.25, -0.2) is 0 Å². The molecule has 1 rings (SSSR count). The van der Waals surface area contributed by atoms with Crippen molar-refractivity contribution in [1.82, 2.24) is 0 Å². The molecular formula is C11H11F4O2. The van der Waals surface area contributed by atoms with Crippen molar-refractivity contribution in [3.05, 3.63) is 30.7 Å². The largest absolute Gasteiger partial charge is 0.435 e. The topological polar surface area (TPSA) is 18.5 Å². The van der Waals surface area contributed by atoms with E-state index < -0.39 is 13.2 Å². The molecule has 0 aliphatic rings. The predicted octanol–water partition coefficient (Wildman–Crippen LogP) is 3.83. The van der Waals surface area contributed by atoms with Gasteiger partial charge in [0.15, 0.2) is 0 Å². The summed E-state index contributed by atoms with van der Waals surface area (Å²) in [5.41, 5.74) is 0.471. The van der Waals surface area contributed by atoms with E-state index >= 15 is 0 Å². The second-order valence-electron chi connectivity index (χ2n) is 3.40. The van der Waals surface area contributed by atoms with E-state index in [-0.39, 0.29) is 17.4 Å². The number of ether oxygens (including phenoxy) is 2. The van der Waals surface area contributed by atoms with Gasteiger partial charge in [0.2, 0.25) is 0 Å². The second-order valence-corrected chi connectivity index (χ2v) is 3.40. The smallest absolute Gasteiger partial charge is 0.387 e. The Morgan fingerprint density at radius 2 is 1.35 bits per heavy atom. The molecule has 6 heteroatoms. The van der Waals surface area contributed by atoms with Crippen LogP contribution in [0, 0.1) is 6.92 Å². The van der Waals surface area contributed by atoms with Crippen LogP contribution in [0.4, 0.5) is 17.6 Å². The summed E-state index contributed by atoms with van der Waals surface area (Å²) in [6, 6.07) is 3.59. The van der Waals surface area contributed by atoms with Crippen molar-refractivity contribution < 1.29 is 27.0 Å². The molecule has 2 nitrogen and oxygen atoms in total. The molecule has 0 spiro atoms. The maximum atomic E-state index is 12.0. The maximum Gasteiger partial charge on any atom is 0.387 e. The SMILES string of the molecule is [CH2]C(C)c1cc(OC(F)F)cc(OC(F)F)c1. The normalized spacial score (nSPS) is 11.4. The highest BCUT2D eigenvalue weighted by molar-refractivity contribution is 5.40. The molecule has 0 amide bonds. The van der Waals surface area contributed by atoms with Crippen LogP contribution in [0.5, 0.6) is 11.5 Å². The lowest BCUT2D eigenvalue weighted by molar-refractivity contribution is -0.0543. The van der Waals surface area contributed by atoms with Crippen molar-refractivity contribution in [3.63, 3.8) is 0 Å². The van der Waals surface area contributed by atoms with Crippen LogP contribution in [0.1, 0.15) is 18.4 Å². The Balaban J connectivity index is 3.00. The van der Waals surface area contributed by atoms with Gasteiger partial charge in [-0.1, -0.05) is 6.92 Å². The summed E-state index contributed by atoms with van der Waals surface area (Å²) >= 11 is 0. The molecule has 0 aliphatic carbocycles. The van der Waals surface area contributed by atoms with E-state index in [1.165, 1.54) is 12.1 Å². The van der Waals surface area contributed by atoms with Crippen molar-refractivity contribution in [2.45, 2.75) is 26.1 Å². The molecule has 1 aromatic rings. The molecule has 95 valence electrons. The fraction of sp³-hybridized carbons (Fsp3) is 0.364. The molecule has 0 bridgehead atoms. The third kappa shape index (κ3) is 4.50. The second kappa shape index (κ2) is 5.75. The highest BCUT2D eigenvalue weighted by atomic mass is 19.3. The zero-order valence-corrected chi connectivity index (χ0v) is 9.00. The summed E-state index contributed by atoms with van der Waals surface area (Å²) in [6.07, 6.45) is 0. The van der Waals surface area contributed by atoms with E-state index in [0.29, 0.717) is 5.56 Å². The standard InChI is InChI=1S/C11H11F4O2/c1-6(2)7-3-8(16-10(12)13)5-9(4-7)17-11(14)15/h3-6,10-11H,1H2,2H3. The van der Waals surface area contributed by atoms with Crippen LogP contribution in [0.25, 0.3) is 0 Å². The summed E-state index contributed by atoms with van der Waals surface area (Å²) in [4.78, 5) is 0. The van der Waals surface area contributed by atoms with Crippen LogP contribution >= 0.6 is 0 Å². The third-order valence-electron chi connectivity index (χ3n) is 1.92. The number of hydrogen-bond donors (Lipinski definition) is 0. The van der Waals surface area contributed by atoms with Crippen molar-refractivity contribution >= 4 is 0 Å². The van der Waals surface area contributed by atoms with Crippen LogP contribution in [-0.4, -0.2) is 13.2 Å². The van der Waals surface area contributed by atoms with Gasteiger partial charge in [0.25, 0.3) is 0 Å². The Morgan fingerprint density at radius 1 is 0.941 bits per heavy atom. The summed E-state index contributed by atoms with van der Waals surface area (Å²) in [7, 11) is 0. The van der Waals surface area contributed by atoms with Crippen LogP contribution in [0.15, 0.2) is 18.2 Å². The first-order valence-electron chi connectivity index (χ1n) is 4.76. The highest BCUT2D eigenvalue weighted by Crippen LogP contribution is 2.29. The molecular weight excluding hydrogens is 240 g/mol. The van der Waals surface area contributed by atoms with Gasteiger partial charge in [0.05, 0.1) is 0 Å². The van der Waals surface area contributed by atoms with Gasteiger partial charge in [-0.05, 0) is 30.5 Å². The molecule has 1 unspecified atom stereocenters.